The lowest BCUT2D eigenvalue weighted by Crippen LogP contribution is -2.44. The molecule has 1 aromatic carbocycles. The van der Waals surface area contributed by atoms with Crippen LogP contribution >= 0.6 is 11.3 Å². The fourth-order valence-corrected chi connectivity index (χ4v) is 5.89. The van der Waals surface area contributed by atoms with E-state index in [1.165, 1.54) is 11.4 Å². The van der Waals surface area contributed by atoms with Crippen LogP contribution in [-0.2, 0) is 0 Å². The Morgan fingerprint density at radius 3 is 2.66 bits per heavy atom. The molecule has 0 aliphatic carbocycles. The summed E-state index contributed by atoms with van der Waals surface area (Å²) in [5, 5.41) is 10.4. The van der Waals surface area contributed by atoms with Crippen LogP contribution in [0.5, 0.6) is 0 Å². The standard InChI is InChI=1S/C23H30N8S/c1-29-8-10-30(11-9-29)15-2-3-17-18(12-15)28-22(27-17)16-13-26-23-20(21(16)24)19(14-32-23)31-6-4-25-5-7-31/h2-3,12,14,25-26H,4-11,13,24H2,1H3,(H,27,28). The molecule has 0 bridgehead atoms. The summed E-state index contributed by atoms with van der Waals surface area (Å²) in [6.45, 7) is 9.02. The third kappa shape index (κ3) is 3.41. The number of hydrogen-bond donors (Lipinski definition) is 4. The number of thiophene rings is 1. The maximum atomic E-state index is 6.79. The number of likely N-dealkylation sites (N-methyl/N-ethyl adjacent to an activating group) is 1. The van der Waals surface area contributed by atoms with Crippen molar-refractivity contribution in [3.8, 4) is 0 Å². The molecule has 2 saturated heterocycles. The first-order chi connectivity index (χ1) is 15.7. The van der Waals surface area contributed by atoms with Gasteiger partial charge in [0.1, 0.15) is 10.8 Å². The summed E-state index contributed by atoms with van der Waals surface area (Å²) in [5.74, 6) is 0.864. The smallest absolute Gasteiger partial charge is 0.138 e. The van der Waals surface area contributed by atoms with Crippen molar-refractivity contribution in [3.05, 3.63) is 35.0 Å². The fraction of sp³-hybridized carbons (Fsp3) is 0.435. The van der Waals surface area contributed by atoms with Crippen LogP contribution < -0.4 is 26.2 Å². The lowest BCUT2D eigenvalue weighted by Gasteiger charge is -2.34. The van der Waals surface area contributed by atoms with E-state index in [0.717, 1.165) is 91.1 Å². The molecule has 3 aliphatic heterocycles. The monoisotopic (exact) mass is 450 g/mol. The van der Waals surface area contributed by atoms with E-state index < -0.39 is 0 Å². The van der Waals surface area contributed by atoms with Gasteiger partial charge in [0.15, 0.2) is 0 Å². The lowest BCUT2D eigenvalue weighted by molar-refractivity contribution is 0.313. The molecule has 5 heterocycles. The van der Waals surface area contributed by atoms with Crippen molar-refractivity contribution in [2.75, 3.05) is 81.1 Å². The molecule has 8 nitrogen and oxygen atoms in total. The van der Waals surface area contributed by atoms with Gasteiger partial charge in [0.25, 0.3) is 0 Å². The van der Waals surface area contributed by atoms with E-state index in [0.29, 0.717) is 6.54 Å². The van der Waals surface area contributed by atoms with Crippen molar-refractivity contribution in [2.24, 2.45) is 5.73 Å². The third-order valence-corrected chi connectivity index (χ3v) is 7.79. The molecule has 2 aromatic heterocycles. The molecule has 5 N–H and O–H groups in total. The van der Waals surface area contributed by atoms with E-state index in [-0.39, 0.29) is 0 Å². The zero-order valence-corrected chi connectivity index (χ0v) is 19.3. The zero-order chi connectivity index (χ0) is 21.7. The van der Waals surface area contributed by atoms with Gasteiger partial charge in [-0.05, 0) is 25.2 Å². The van der Waals surface area contributed by atoms with Crippen molar-refractivity contribution in [1.29, 1.82) is 0 Å². The number of hydrogen-bond acceptors (Lipinski definition) is 8. The van der Waals surface area contributed by atoms with Crippen LogP contribution in [0.3, 0.4) is 0 Å². The summed E-state index contributed by atoms with van der Waals surface area (Å²) in [6, 6.07) is 6.54. The number of fused-ring (bicyclic) bond motifs is 2. The number of benzene rings is 1. The Balaban J connectivity index is 1.34. The fourth-order valence-electron chi connectivity index (χ4n) is 4.91. The van der Waals surface area contributed by atoms with Crippen molar-refractivity contribution in [2.45, 2.75) is 0 Å². The summed E-state index contributed by atoms with van der Waals surface area (Å²) in [6.07, 6.45) is 0. The minimum absolute atomic E-state index is 0.686. The number of aromatic nitrogens is 2. The number of nitrogens with one attached hydrogen (secondary N) is 3. The Bertz CT molecular complexity index is 1160. The molecule has 0 unspecified atom stereocenters. The normalized spacial score (nSPS) is 20.0. The molecule has 6 rings (SSSR count). The SMILES string of the molecule is CN1CCN(c2ccc3nc(C4=C(N)c5c(N6CCNCC6)csc5NC4)[nH]c3c2)CC1. The van der Waals surface area contributed by atoms with Gasteiger partial charge >= 0.3 is 0 Å². The first-order valence-corrected chi connectivity index (χ1v) is 12.3. The lowest BCUT2D eigenvalue weighted by atomic mass is 10.0. The molecule has 0 spiro atoms. The first-order valence-electron chi connectivity index (χ1n) is 11.4. The number of anilines is 3. The van der Waals surface area contributed by atoms with Crippen LogP contribution in [0.25, 0.3) is 22.3 Å². The van der Waals surface area contributed by atoms with Gasteiger partial charge in [-0.1, -0.05) is 0 Å². The number of rotatable bonds is 3. The Labute approximate surface area is 192 Å². The molecule has 3 aliphatic rings. The van der Waals surface area contributed by atoms with E-state index in [4.69, 9.17) is 10.7 Å². The summed E-state index contributed by atoms with van der Waals surface area (Å²) in [7, 11) is 2.19. The van der Waals surface area contributed by atoms with E-state index in [1.807, 2.05) is 0 Å². The van der Waals surface area contributed by atoms with Gasteiger partial charge in [-0.3, -0.25) is 0 Å². The van der Waals surface area contributed by atoms with Crippen molar-refractivity contribution >= 4 is 50.0 Å². The molecular weight excluding hydrogens is 420 g/mol. The second-order valence-corrected chi connectivity index (χ2v) is 9.76. The predicted molar refractivity (Wildman–Crippen MR) is 135 cm³/mol. The Kier molecular flexibility index (Phi) is 4.97. The first kappa shape index (κ1) is 19.9. The van der Waals surface area contributed by atoms with E-state index in [1.54, 1.807) is 11.3 Å². The molecule has 0 atom stereocenters. The molecule has 168 valence electrons. The summed E-state index contributed by atoms with van der Waals surface area (Å²) in [5.41, 5.74) is 14.4. The topological polar surface area (TPSA) is 88.5 Å². The van der Waals surface area contributed by atoms with Crippen molar-refractivity contribution < 1.29 is 0 Å². The van der Waals surface area contributed by atoms with Crippen LogP contribution in [0, 0.1) is 0 Å². The summed E-state index contributed by atoms with van der Waals surface area (Å²) >= 11 is 1.74. The van der Waals surface area contributed by atoms with Gasteiger partial charge < -0.3 is 36.1 Å². The van der Waals surface area contributed by atoms with Crippen molar-refractivity contribution in [1.82, 2.24) is 20.2 Å². The molecular formula is C23H30N8S. The highest BCUT2D eigenvalue weighted by molar-refractivity contribution is 7.15. The van der Waals surface area contributed by atoms with E-state index in [9.17, 15) is 0 Å². The van der Waals surface area contributed by atoms with Crippen LogP contribution in [0.15, 0.2) is 23.6 Å². The second kappa shape index (κ2) is 7.99. The summed E-state index contributed by atoms with van der Waals surface area (Å²) < 4.78 is 0. The Morgan fingerprint density at radius 1 is 1.03 bits per heavy atom. The van der Waals surface area contributed by atoms with Crippen LogP contribution in [0.1, 0.15) is 11.4 Å². The van der Waals surface area contributed by atoms with Gasteiger partial charge in [0.05, 0.1) is 28.0 Å². The van der Waals surface area contributed by atoms with Gasteiger partial charge in [-0.25, -0.2) is 4.98 Å². The third-order valence-electron chi connectivity index (χ3n) is 6.87. The average molecular weight is 451 g/mol. The van der Waals surface area contributed by atoms with Gasteiger partial charge in [-0.2, -0.15) is 0 Å². The molecule has 0 radical (unpaired) electrons. The molecule has 3 aromatic rings. The summed E-state index contributed by atoms with van der Waals surface area (Å²) in [4.78, 5) is 15.7. The maximum Gasteiger partial charge on any atom is 0.138 e. The van der Waals surface area contributed by atoms with Gasteiger partial charge in [0, 0.05) is 75.5 Å². The van der Waals surface area contributed by atoms with Crippen molar-refractivity contribution in [3.63, 3.8) is 0 Å². The number of aromatic amines is 1. The largest absolute Gasteiger partial charge is 0.398 e. The molecule has 32 heavy (non-hydrogen) atoms. The number of piperazine rings is 2. The number of H-pyrrole nitrogens is 1. The second-order valence-electron chi connectivity index (χ2n) is 8.89. The Morgan fingerprint density at radius 2 is 1.84 bits per heavy atom. The van der Waals surface area contributed by atoms with E-state index in [2.05, 4.69) is 60.9 Å². The maximum absolute atomic E-state index is 6.79. The van der Waals surface area contributed by atoms with Gasteiger partial charge in [0.2, 0.25) is 0 Å². The molecule has 0 saturated carbocycles. The minimum atomic E-state index is 0.686. The van der Waals surface area contributed by atoms with Crippen LogP contribution in [-0.4, -0.2) is 80.8 Å². The van der Waals surface area contributed by atoms with Crippen LogP contribution in [0.4, 0.5) is 16.4 Å². The molecule has 9 heteroatoms. The Hall–Kier alpha value is -2.75. The molecule has 2 fully saturated rings. The van der Waals surface area contributed by atoms with Crippen LogP contribution in [0.2, 0.25) is 0 Å². The highest BCUT2D eigenvalue weighted by Gasteiger charge is 2.27. The highest BCUT2D eigenvalue weighted by atomic mass is 32.1. The van der Waals surface area contributed by atoms with Gasteiger partial charge in [-0.15, -0.1) is 11.3 Å². The number of nitrogens with zero attached hydrogens (tertiary/aromatic N) is 4. The highest BCUT2D eigenvalue weighted by Crippen LogP contribution is 2.43. The number of imidazole rings is 1. The predicted octanol–water partition coefficient (Wildman–Crippen LogP) is 2.04. The molecule has 0 amide bonds. The zero-order valence-electron chi connectivity index (χ0n) is 18.4. The minimum Gasteiger partial charge on any atom is -0.398 e. The quantitative estimate of drug-likeness (QED) is 0.486. The average Bonchev–Trinajstić information content (AvgIpc) is 3.44. The number of nitrogens with two attached hydrogens (primary N) is 1. The van der Waals surface area contributed by atoms with E-state index >= 15 is 0 Å².